The number of hydrogen-bond acceptors (Lipinski definition) is 5. The number of rotatable bonds is 9. The van der Waals surface area contributed by atoms with Gasteiger partial charge in [-0.15, -0.1) is 0 Å². The van der Waals surface area contributed by atoms with Crippen LogP contribution in [0.2, 0.25) is 0 Å². The molecule has 5 nitrogen and oxygen atoms in total. The lowest BCUT2D eigenvalue weighted by molar-refractivity contribution is 0.0810. The van der Waals surface area contributed by atoms with Crippen molar-refractivity contribution in [3.8, 4) is 0 Å². The molecule has 0 bridgehead atoms. The Morgan fingerprint density at radius 2 is 1.61 bits per heavy atom. The van der Waals surface area contributed by atoms with Gasteiger partial charge in [-0.2, -0.15) is 0 Å². The van der Waals surface area contributed by atoms with E-state index < -0.39 is 9.84 Å². The molecule has 1 aromatic carbocycles. The first-order valence-electron chi connectivity index (χ1n) is 8.42. The van der Waals surface area contributed by atoms with E-state index in [9.17, 15) is 8.42 Å². The van der Waals surface area contributed by atoms with E-state index >= 15 is 0 Å². The lowest BCUT2D eigenvalue weighted by atomic mass is 10.3. The summed E-state index contributed by atoms with van der Waals surface area (Å²) in [4.78, 5) is 5.20. The fourth-order valence-corrected chi connectivity index (χ4v) is 4.12. The zero-order valence-corrected chi connectivity index (χ0v) is 14.8. The number of hydrogen-bond donors (Lipinski definition) is 0. The quantitative estimate of drug-likeness (QED) is 0.638. The standard InChI is InChI=1S/C17H28N2O3S/c1-2-22-15-14-19-12-10-18(11-13-19)9-6-16-23(20,21)17-7-4-3-5-8-17/h3-5,7-8H,2,6,9-16H2,1H3. The molecule has 1 aliphatic heterocycles. The zero-order valence-electron chi connectivity index (χ0n) is 14.0. The van der Waals surface area contributed by atoms with E-state index in [4.69, 9.17) is 4.74 Å². The molecule has 0 radical (unpaired) electrons. The molecule has 0 N–H and O–H groups in total. The molecule has 1 fully saturated rings. The van der Waals surface area contributed by atoms with Crippen LogP contribution in [0.5, 0.6) is 0 Å². The van der Waals surface area contributed by atoms with Crippen molar-refractivity contribution in [1.82, 2.24) is 9.80 Å². The first-order chi connectivity index (χ1) is 11.1. The zero-order chi connectivity index (χ0) is 16.5. The van der Waals surface area contributed by atoms with Crippen molar-refractivity contribution in [2.45, 2.75) is 18.2 Å². The fraction of sp³-hybridized carbons (Fsp3) is 0.647. The van der Waals surface area contributed by atoms with Crippen LogP contribution in [-0.4, -0.2) is 76.5 Å². The molecule has 1 aromatic rings. The molecule has 0 aliphatic carbocycles. The van der Waals surface area contributed by atoms with Crippen molar-refractivity contribution in [3.63, 3.8) is 0 Å². The second kappa shape index (κ2) is 9.37. The summed E-state index contributed by atoms with van der Waals surface area (Å²) in [5.74, 6) is 0.224. The van der Waals surface area contributed by atoms with E-state index in [0.717, 1.165) is 52.5 Å². The molecule has 6 heteroatoms. The molecule has 1 aliphatic rings. The Morgan fingerprint density at radius 1 is 1.00 bits per heavy atom. The van der Waals surface area contributed by atoms with Crippen LogP contribution in [-0.2, 0) is 14.6 Å². The van der Waals surface area contributed by atoms with Gasteiger partial charge in [-0.3, -0.25) is 4.90 Å². The molecular formula is C17H28N2O3S. The first-order valence-corrected chi connectivity index (χ1v) is 10.1. The third-order valence-corrected chi connectivity index (χ3v) is 6.03. The average molecular weight is 340 g/mol. The van der Waals surface area contributed by atoms with Crippen molar-refractivity contribution in [1.29, 1.82) is 0 Å². The van der Waals surface area contributed by atoms with E-state index in [2.05, 4.69) is 9.80 Å². The van der Waals surface area contributed by atoms with Crippen molar-refractivity contribution < 1.29 is 13.2 Å². The Labute approximate surface area is 140 Å². The maximum atomic E-state index is 12.2. The topological polar surface area (TPSA) is 49.9 Å². The van der Waals surface area contributed by atoms with Gasteiger partial charge in [-0.1, -0.05) is 18.2 Å². The van der Waals surface area contributed by atoms with Gasteiger partial charge in [-0.05, 0) is 32.0 Å². The molecule has 130 valence electrons. The summed E-state index contributed by atoms with van der Waals surface area (Å²) in [7, 11) is -3.14. The number of nitrogens with zero attached hydrogens (tertiary/aromatic N) is 2. The summed E-state index contributed by atoms with van der Waals surface area (Å²) in [6.45, 7) is 9.53. The van der Waals surface area contributed by atoms with Crippen LogP contribution < -0.4 is 0 Å². The average Bonchev–Trinajstić information content (AvgIpc) is 2.57. The molecule has 23 heavy (non-hydrogen) atoms. The minimum Gasteiger partial charge on any atom is -0.380 e. The maximum absolute atomic E-state index is 12.2. The van der Waals surface area contributed by atoms with Gasteiger partial charge in [-0.25, -0.2) is 8.42 Å². The van der Waals surface area contributed by atoms with Gasteiger partial charge < -0.3 is 9.64 Å². The Bertz CT molecular complexity index is 540. The number of piperazine rings is 1. The molecule has 0 saturated carbocycles. The largest absolute Gasteiger partial charge is 0.380 e. The van der Waals surface area contributed by atoms with Crippen LogP contribution in [0.1, 0.15) is 13.3 Å². The molecular weight excluding hydrogens is 312 g/mol. The lowest BCUT2D eigenvalue weighted by Gasteiger charge is -2.34. The summed E-state index contributed by atoms with van der Waals surface area (Å²) in [5.41, 5.74) is 0. The predicted molar refractivity (Wildman–Crippen MR) is 92.5 cm³/mol. The second-order valence-electron chi connectivity index (χ2n) is 5.87. The van der Waals surface area contributed by atoms with Crippen LogP contribution in [0.4, 0.5) is 0 Å². The number of ether oxygens (including phenoxy) is 1. The Morgan fingerprint density at radius 3 is 2.22 bits per heavy atom. The van der Waals surface area contributed by atoms with E-state index in [-0.39, 0.29) is 5.75 Å². The normalized spacial score (nSPS) is 17.4. The van der Waals surface area contributed by atoms with Gasteiger partial charge in [0.05, 0.1) is 17.3 Å². The monoisotopic (exact) mass is 340 g/mol. The first kappa shape index (κ1) is 18.4. The molecule has 0 atom stereocenters. The molecule has 2 rings (SSSR count). The van der Waals surface area contributed by atoms with Crippen LogP contribution in [0.25, 0.3) is 0 Å². The van der Waals surface area contributed by atoms with Gasteiger partial charge in [0, 0.05) is 39.3 Å². The van der Waals surface area contributed by atoms with E-state index in [0.29, 0.717) is 11.3 Å². The molecule has 0 amide bonds. The molecule has 1 heterocycles. The van der Waals surface area contributed by atoms with Gasteiger partial charge in [0.2, 0.25) is 0 Å². The smallest absolute Gasteiger partial charge is 0.178 e. The lowest BCUT2D eigenvalue weighted by Crippen LogP contribution is -2.47. The second-order valence-corrected chi connectivity index (χ2v) is 7.97. The maximum Gasteiger partial charge on any atom is 0.178 e. The fourth-order valence-electron chi connectivity index (χ4n) is 2.80. The van der Waals surface area contributed by atoms with E-state index in [1.807, 2.05) is 13.0 Å². The van der Waals surface area contributed by atoms with Crippen LogP contribution in [0.3, 0.4) is 0 Å². The third kappa shape index (κ3) is 6.22. The molecule has 0 aromatic heterocycles. The van der Waals surface area contributed by atoms with Crippen molar-refractivity contribution in [2.75, 3.05) is 58.2 Å². The molecule has 0 unspecified atom stereocenters. The van der Waals surface area contributed by atoms with Crippen LogP contribution in [0.15, 0.2) is 35.2 Å². The number of benzene rings is 1. The van der Waals surface area contributed by atoms with Gasteiger partial charge in [0.15, 0.2) is 9.84 Å². The van der Waals surface area contributed by atoms with Crippen molar-refractivity contribution in [3.05, 3.63) is 30.3 Å². The summed E-state index contributed by atoms with van der Waals surface area (Å²) in [6.07, 6.45) is 0.691. The summed E-state index contributed by atoms with van der Waals surface area (Å²) in [5, 5.41) is 0. The summed E-state index contributed by atoms with van der Waals surface area (Å²) >= 11 is 0. The van der Waals surface area contributed by atoms with E-state index in [1.165, 1.54) is 0 Å². The highest BCUT2D eigenvalue weighted by molar-refractivity contribution is 7.91. The van der Waals surface area contributed by atoms with Crippen LogP contribution >= 0.6 is 0 Å². The SMILES string of the molecule is CCOCCN1CCN(CCCS(=O)(=O)c2ccccc2)CC1. The minimum atomic E-state index is -3.14. The number of sulfone groups is 1. The van der Waals surface area contributed by atoms with Gasteiger partial charge in [0.25, 0.3) is 0 Å². The van der Waals surface area contributed by atoms with Crippen molar-refractivity contribution >= 4 is 9.84 Å². The third-order valence-electron chi connectivity index (χ3n) is 4.21. The highest BCUT2D eigenvalue weighted by atomic mass is 32.2. The predicted octanol–water partition coefficient (Wildman–Crippen LogP) is 1.50. The van der Waals surface area contributed by atoms with Gasteiger partial charge in [0.1, 0.15) is 0 Å². The van der Waals surface area contributed by atoms with Crippen LogP contribution in [0, 0.1) is 0 Å². The van der Waals surface area contributed by atoms with E-state index in [1.54, 1.807) is 24.3 Å². The highest BCUT2D eigenvalue weighted by Crippen LogP contribution is 2.12. The van der Waals surface area contributed by atoms with Gasteiger partial charge >= 0.3 is 0 Å². The summed E-state index contributed by atoms with van der Waals surface area (Å²) < 4.78 is 29.8. The molecule has 1 saturated heterocycles. The Balaban J connectivity index is 1.66. The molecule has 0 spiro atoms. The Kier molecular flexibility index (Phi) is 7.49. The highest BCUT2D eigenvalue weighted by Gasteiger charge is 2.18. The summed E-state index contributed by atoms with van der Waals surface area (Å²) in [6, 6.07) is 8.73. The minimum absolute atomic E-state index is 0.224. The van der Waals surface area contributed by atoms with Crippen molar-refractivity contribution in [2.24, 2.45) is 0 Å². The Hall–Kier alpha value is -0.950.